The maximum atomic E-state index is 11.9. The molecular weight excluding hydrogens is 292 g/mol. The third kappa shape index (κ3) is 7.49. The molecule has 0 radical (unpaired) electrons. The maximum absolute atomic E-state index is 11.9. The smallest absolute Gasteiger partial charge is 0.410 e. The number of unbranched alkanes of at least 4 members (excludes halogenated alkanes) is 1. The lowest BCUT2D eigenvalue weighted by atomic mass is 10.00. The van der Waals surface area contributed by atoms with Gasteiger partial charge in [0.15, 0.2) is 0 Å². The minimum atomic E-state index is -0.479. The summed E-state index contributed by atoms with van der Waals surface area (Å²) < 4.78 is 5.24. The fourth-order valence-corrected chi connectivity index (χ4v) is 2.14. The van der Waals surface area contributed by atoms with Gasteiger partial charge < -0.3 is 15.4 Å². The Morgan fingerprint density at radius 3 is 2.78 bits per heavy atom. The molecule has 126 valence electrons. The Balaban J connectivity index is 2.48. The van der Waals surface area contributed by atoms with Crippen LogP contribution < -0.4 is 15.4 Å². The van der Waals surface area contributed by atoms with E-state index in [0.717, 1.165) is 19.3 Å². The van der Waals surface area contributed by atoms with E-state index in [2.05, 4.69) is 31.1 Å². The Labute approximate surface area is 138 Å². The van der Waals surface area contributed by atoms with Crippen LogP contribution in [-0.2, 0) is 4.79 Å². The molecule has 0 aliphatic heterocycles. The molecule has 0 heterocycles. The normalized spacial score (nSPS) is 11.4. The number of benzene rings is 1. The lowest BCUT2D eigenvalue weighted by Gasteiger charge is -2.15. The standard InChI is InChI=1S/C18H26N2O3/c1-4-7-9-14(5-2)13-19-18(22)23-16-11-8-10-15(12-16)20-17(21)6-3/h6,8,10-12,14H,3-5,7,9,13H2,1-2H3,(H,19,22)(H,20,21). The second-order valence-corrected chi connectivity index (χ2v) is 5.41. The molecule has 0 aliphatic carbocycles. The molecule has 5 nitrogen and oxygen atoms in total. The van der Waals surface area contributed by atoms with Crippen LogP contribution in [0.2, 0.25) is 0 Å². The van der Waals surface area contributed by atoms with Crippen molar-refractivity contribution in [2.75, 3.05) is 11.9 Å². The summed E-state index contributed by atoms with van der Waals surface area (Å²) in [7, 11) is 0. The molecule has 1 aromatic rings. The van der Waals surface area contributed by atoms with E-state index < -0.39 is 6.09 Å². The van der Waals surface area contributed by atoms with Gasteiger partial charge in [0, 0.05) is 18.3 Å². The lowest BCUT2D eigenvalue weighted by Crippen LogP contribution is -2.31. The highest BCUT2D eigenvalue weighted by Crippen LogP contribution is 2.17. The molecule has 0 bridgehead atoms. The van der Waals surface area contributed by atoms with Gasteiger partial charge in [0.2, 0.25) is 5.91 Å². The van der Waals surface area contributed by atoms with Crippen molar-refractivity contribution in [2.45, 2.75) is 39.5 Å². The zero-order valence-corrected chi connectivity index (χ0v) is 13.9. The third-order valence-electron chi connectivity index (χ3n) is 3.58. The van der Waals surface area contributed by atoms with E-state index in [9.17, 15) is 9.59 Å². The van der Waals surface area contributed by atoms with Crippen molar-refractivity contribution in [1.82, 2.24) is 5.32 Å². The van der Waals surface area contributed by atoms with Crippen LogP contribution in [0.4, 0.5) is 10.5 Å². The number of ether oxygens (including phenoxy) is 1. The topological polar surface area (TPSA) is 67.4 Å². The van der Waals surface area contributed by atoms with Gasteiger partial charge in [0.05, 0.1) is 0 Å². The highest BCUT2D eigenvalue weighted by molar-refractivity contribution is 5.99. The molecule has 0 saturated carbocycles. The summed E-state index contributed by atoms with van der Waals surface area (Å²) >= 11 is 0. The minimum absolute atomic E-state index is 0.312. The van der Waals surface area contributed by atoms with Gasteiger partial charge in [-0.2, -0.15) is 0 Å². The molecule has 1 aromatic carbocycles. The summed E-state index contributed by atoms with van der Waals surface area (Å²) in [5.41, 5.74) is 0.551. The molecule has 0 fully saturated rings. The van der Waals surface area contributed by atoms with E-state index in [1.807, 2.05) is 0 Å². The maximum Gasteiger partial charge on any atom is 0.412 e. The summed E-state index contributed by atoms with van der Waals surface area (Å²) in [5, 5.41) is 5.42. The molecule has 0 spiro atoms. The highest BCUT2D eigenvalue weighted by Gasteiger charge is 2.10. The molecule has 0 aromatic heterocycles. The molecule has 1 atom stereocenters. The van der Waals surface area contributed by atoms with Crippen LogP contribution in [0.25, 0.3) is 0 Å². The van der Waals surface area contributed by atoms with Gasteiger partial charge >= 0.3 is 6.09 Å². The van der Waals surface area contributed by atoms with E-state index >= 15 is 0 Å². The summed E-state index contributed by atoms with van der Waals surface area (Å²) in [5.74, 6) is 0.542. The first-order chi connectivity index (χ1) is 11.1. The summed E-state index contributed by atoms with van der Waals surface area (Å²) in [4.78, 5) is 23.1. The Kier molecular flexibility index (Phi) is 8.50. The minimum Gasteiger partial charge on any atom is -0.410 e. The first-order valence-corrected chi connectivity index (χ1v) is 8.08. The average molecular weight is 318 g/mol. The number of hydrogen-bond donors (Lipinski definition) is 2. The first kappa shape index (κ1) is 18.7. The Bertz CT molecular complexity index is 529. The quantitative estimate of drug-likeness (QED) is 0.673. The van der Waals surface area contributed by atoms with Crippen LogP contribution in [-0.4, -0.2) is 18.5 Å². The predicted octanol–water partition coefficient (Wildman–Crippen LogP) is 4.12. The van der Waals surface area contributed by atoms with Crippen LogP contribution >= 0.6 is 0 Å². The van der Waals surface area contributed by atoms with Crippen molar-refractivity contribution >= 4 is 17.7 Å². The summed E-state index contributed by atoms with van der Waals surface area (Å²) in [6.07, 6.45) is 5.16. The van der Waals surface area contributed by atoms with Gasteiger partial charge in [0.25, 0.3) is 0 Å². The van der Waals surface area contributed by atoms with Gasteiger partial charge in [-0.15, -0.1) is 0 Å². The molecule has 2 amide bonds. The third-order valence-corrected chi connectivity index (χ3v) is 3.58. The van der Waals surface area contributed by atoms with Crippen LogP contribution in [0.15, 0.2) is 36.9 Å². The fourth-order valence-electron chi connectivity index (χ4n) is 2.14. The average Bonchev–Trinajstić information content (AvgIpc) is 2.55. The Morgan fingerprint density at radius 2 is 2.13 bits per heavy atom. The van der Waals surface area contributed by atoms with Gasteiger partial charge in [-0.05, 0) is 30.5 Å². The second kappa shape index (κ2) is 10.4. The molecule has 23 heavy (non-hydrogen) atoms. The van der Waals surface area contributed by atoms with Crippen molar-refractivity contribution in [2.24, 2.45) is 5.92 Å². The van der Waals surface area contributed by atoms with Gasteiger partial charge in [0.1, 0.15) is 5.75 Å². The first-order valence-electron chi connectivity index (χ1n) is 8.08. The lowest BCUT2D eigenvalue weighted by molar-refractivity contribution is -0.111. The zero-order valence-electron chi connectivity index (χ0n) is 13.9. The van der Waals surface area contributed by atoms with E-state index in [4.69, 9.17) is 4.74 Å². The van der Waals surface area contributed by atoms with Crippen LogP contribution in [0.3, 0.4) is 0 Å². The van der Waals surface area contributed by atoms with Gasteiger partial charge in [-0.25, -0.2) is 4.79 Å². The van der Waals surface area contributed by atoms with Crippen LogP contribution in [0, 0.1) is 5.92 Å². The molecule has 5 heteroatoms. The van der Waals surface area contributed by atoms with Crippen LogP contribution in [0.1, 0.15) is 39.5 Å². The molecule has 1 unspecified atom stereocenters. The van der Waals surface area contributed by atoms with E-state index in [0.29, 0.717) is 23.9 Å². The van der Waals surface area contributed by atoms with Crippen molar-refractivity contribution in [3.05, 3.63) is 36.9 Å². The van der Waals surface area contributed by atoms with E-state index in [1.165, 1.54) is 12.5 Å². The monoisotopic (exact) mass is 318 g/mol. The number of nitrogens with one attached hydrogen (secondary N) is 2. The Morgan fingerprint density at radius 1 is 1.35 bits per heavy atom. The number of hydrogen-bond acceptors (Lipinski definition) is 3. The Hall–Kier alpha value is -2.30. The SMILES string of the molecule is C=CC(=O)Nc1cccc(OC(=O)NCC(CC)CCCC)c1. The molecular formula is C18H26N2O3. The largest absolute Gasteiger partial charge is 0.412 e. The van der Waals surface area contributed by atoms with E-state index in [1.54, 1.807) is 24.3 Å². The molecule has 0 saturated heterocycles. The number of anilines is 1. The molecule has 0 aliphatic rings. The second-order valence-electron chi connectivity index (χ2n) is 5.41. The number of rotatable bonds is 9. The number of carbonyl (C=O) groups excluding carboxylic acids is 2. The van der Waals surface area contributed by atoms with Gasteiger partial charge in [-0.3, -0.25) is 4.79 Å². The number of amides is 2. The van der Waals surface area contributed by atoms with Crippen molar-refractivity contribution in [1.29, 1.82) is 0 Å². The zero-order chi connectivity index (χ0) is 17.1. The molecule has 1 rings (SSSR count). The summed E-state index contributed by atoms with van der Waals surface area (Å²) in [6, 6.07) is 6.67. The van der Waals surface area contributed by atoms with Crippen LogP contribution in [0.5, 0.6) is 5.75 Å². The van der Waals surface area contributed by atoms with E-state index in [-0.39, 0.29) is 5.91 Å². The van der Waals surface area contributed by atoms with Crippen molar-refractivity contribution in [3.8, 4) is 5.75 Å². The molecule has 2 N–H and O–H groups in total. The number of carbonyl (C=O) groups is 2. The van der Waals surface area contributed by atoms with Gasteiger partial charge in [-0.1, -0.05) is 45.8 Å². The van der Waals surface area contributed by atoms with Crippen molar-refractivity contribution in [3.63, 3.8) is 0 Å². The highest BCUT2D eigenvalue weighted by atomic mass is 16.6. The van der Waals surface area contributed by atoms with Crippen molar-refractivity contribution < 1.29 is 14.3 Å². The summed E-state index contributed by atoms with van der Waals surface area (Å²) in [6.45, 7) is 8.29. The fraction of sp³-hybridized carbons (Fsp3) is 0.444. The predicted molar refractivity (Wildman–Crippen MR) is 92.6 cm³/mol.